The Morgan fingerprint density at radius 1 is 1.50 bits per heavy atom. The van der Waals surface area contributed by atoms with Gasteiger partial charge in [0.05, 0.1) is 7.11 Å². The highest BCUT2D eigenvalue weighted by Gasteiger charge is 2.58. The average Bonchev–Trinajstić information content (AvgIpc) is 3.10. The van der Waals surface area contributed by atoms with Crippen LogP contribution in [0.2, 0.25) is 5.31 Å². The van der Waals surface area contributed by atoms with Gasteiger partial charge in [0.2, 0.25) is 0 Å². The van der Waals surface area contributed by atoms with Crippen molar-refractivity contribution < 1.29 is 24.3 Å². The molecule has 94 valence electrons. The molecule has 0 radical (unpaired) electrons. The molecule has 0 unspecified atom stereocenters. The molecule has 18 heavy (non-hydrogen) atoms. The zero-order chi connectivity index (χ0) is 12.9. The van der Waals surface area contributed by atoms with E-state index >= 15 is 0 Å². The summed E-state index contributed by atoms with van der Waals surface area (Å²) in [5, 5.41) is 19.0. The average molecular weight is 248 g/mol. The molecule has 2 N–H and O–H groups in total. The number of hydrogen-bond acceptors (Lipinski definition) is 4. The third-order valence-corrected chi connectivity index (χ3v) is 3.82. The van der Waals surface area contributed by atoms with Gasteiger partial charge in [0.25, 0.3) is 0 Å². The van der Waals surface area contributed by atoms with Gasteiger partial charge in [-0.3, -0.25) is 0 Å². The zero-order valence-electron chi connectivity index (χ0n) is 9.97. The van der Waals surface area contributed by atoms with E-state index in [0.29, 0.717) is 6.42 Å². The number of rotatable bonds is 2. The Bertz CT molecular complexity index is 523. The second kappa shape index (κ2) is 3.65. The maximum absolute atomic E-state index is 11.3. The maximum Gasteiger partial charge on any atom is 0.529 e. The number of benzene rings is 1. The fraction of sp³-hybridized carbons (Fsp3) is 0.417. The molecule has 6 heteroatoms. The Hall–Kier alpha value is -1.69. The lowest BCUT2D eigenvalue weighted by molar-refractivity contribution is 0.0690. The molecule has 1 aliphatic heterocycles. The van der Waals surface area contributed by atoms with Crippen LogP contribution in [-0.4, -0.2) is 30.3 Å². The molecule has 1 spiro atoms. The summed E-state index contributed by atoms with van der Waals surface area (Å²) in [5.41, 5.74) is 0.820. The molecular formula is C12H13BO5. The summed E-state index contributed by atoms with van der Waals surface area (Å²) >= 11 is 0. The number of aromatic carboxylic acids is 1. The van der Waals surface area contributed by atoms with Crippen LogP contribution in [0, 0.1) is 0 Å². The predicted octanol–water partition coefficient (Wildman–Crippen LogP) is 1.34. The number of ether oxygens (including phenoxy) is 1. The van der Waals surface area contributed by atoms with Crippen LogP contribution in [0.4, 0.5) is 0 Å². The molecular weight excluding hydrogens is 235 g/mol. The van der Waals surface area contributed by atoms with Crippen molar-refractivity contribution in [3.8, 4) is 11.5 Å². The van der Waals surface area contributed by atoms with E-state index in [2.05, 4.69) is 0 Å². The summed E-state index contributed by atoms with van der Waals surface area (Å²) in [7, 11) is 0.491. The number of carboxylic acids is 1. The minimum atomic E-state index is -1.11. The molecule has 2 aliphatic rings. The largest absolute Gasteiger partial charge is 0.535 e. The van der Waals surface area contributed by atoms with Crippen molar-refractivity contribution >= 4 is 13.1 Å². The van der Waals surface area contributed by atoms with E-state index in [1.54, 1.807) is 6.07 Å². The SMILES string of the molecule is COc1ccc2c(c1C(=O)O)OB(O)C1(CC1)C2. The van der Waals surface area contributed by atoms with Crippen molar-refractivity contribution in [2.24, 2.45) is 0 Å². The van der Waals surface area contributed by atoms with Crippen molar-refractivity contribution in [1.29, 1.82) is 0 Å². The van der Waals surface area contributed by atoms with E-state index in [1.165, 1.54) is 7.11 Å². The van der Waals surface area contributed by atoms with E-state index in [-0.39, 0.29) is 22.4 Å². The van der Waals surface area contributed by atoms with E-state index in [1.807, 2.05) is 6.07 Å². The van der Waals surface area contributed by atoms with Crippen LogP contribution in [-0.2, 0) is 6.42 Å². The molecule has 1 fully saturated rings. The van der Waals surface area contributed by atoms with Crippen molar-refractivity contribution in [3.63, 3.8) is 0 Å². The minimum Gasteiger partial charge on any atom is -0.535 e. The highest BCUT2D eigenvalue weighted by Crippen LogP contribution is 2.61. The monoisotopic (exact) mass is 248 g/mol. The van der Waals surface area contributed by atoms with Crippen LogP contribution in [0.1, 0.15) is 28.8 Å². The Labute approximate surface area is 104 Å². The quantitative estimate of drug-likeness (QED) is 0.772. The molecule has 0 amide bonds. The first-order chi connectivity index (χ1) is 8.57. The Kier molecular flexibility index (Phi) is 2.31. The first-order valence-corrected chi connectivity index (χ1v) is 5.85. The maximum atomic E-state index is 11.3. The summed E-state index contributed by atoms with van der Waals surface area (Å²) in [4.78, 5) is 11.3. The fourth-order valence-electron chi connectivity index (χ4n) is 2.54. The Balaban J connectivity index is 2.12. The topological polar surface area (TPSA) is 76.0 Å². The van der Waals surface area contributed by atoms with Crippen LogP contribution in [0.5, 0.6) is 11.5 Å². The van der Waals surface area contributed by atoms with E-state index in [9.17, 15) is 14.9 Å². The molecule has 3 rings (SSSR count). The Morgan fingerprint density at radius 3 is 2.78 bits per heavy atom. The molecule has 1 saturated carbocycles. The van der Waals surface area contributed by atoms with Gasteiger partial charge in [-0.05, 0) is 30.9 Å². The fourth-order valence-corrected chi connectivity index (χ4v) is 2.54. The van der Waals surface area contributed by atoms with Gasteiger partial charge >= 0.3 is 13.1 Å². The molecule has 0 atom stereocenters. The smallest absolute Gasteiger partial charge is 0.529 e. The van der Waals surface area contributed by atoms with Crippen LogP contribution < -0.4 is 9.39 Å². The van der Waals surface area contributed by atoms with Crippen LogP contribution >= 0.6 is 0 Å². The summed E-state index contributed by atoms with van der Waals surface area (Å²) < 4.78 is 10.5. The number of carboxylic acid groups (broad SMARTS) is 1. The summed E-state index contributed by atoms with van der Waals surface area (Å²) in [5.74, 6) is -0.616. The van der Waals surface area contributed by atoms with Gasteiger partial charge in [-0.15, -0.1) is 0 Å². The minimum absolute atomic E-state index is 0.00968. The third kappa shape index (κ3) is 1.49. The zero-order valence-corrected chi connectivity index (χ0v) is 9.97. The van der Waals surface area contributed by atoms with Gasteiger partial charge in [0.15, 0.2) is 0 Å². The number of methoxy groups -OCH3 is 1. The second-order valence-corrected chi connectivity index (χ2v) is 4.95. The molecule has 5 nitrogen and oxygen atoms in total. The van der Waals surface area contributed by atoms with Gasteiger partial charge in [0.1, 0.15) is 17.1 Å². The van der Waals surface area contributed by atoms with Crippen LogP contribution in [0.15, 0.2) is 12.1 Å². The molecule has 1 aliphatic carbocycles. The first kappa shape index (κ1) is 11.4. The highest BCUT2D eigenvalue weighted by atomic mass is 16.5. The van der Waals surface area contributed by atoms with Gasteiger partial charge in [-0.2, -0.15) is 0 Å². The number of hydrogen-bond donors (Lipinski definition) is 2. The predicted molar refractivity (Wildman–Crippen MR) is 64.2 cm³/mol. The number of carbonyl (C=O) groups is 1. The Morgan fingerprint density at radius 2 is 2.22 bits per heavy atom. The van der Waals surface area contributed by atoms with Crippen molar-refractivity contribution in [3.05, 3.63) is 23.3 Å². The van der Waals surface area contributed by atoms with Crippen LogP contribution in [0.3, 0.4) is 0 Å². The van der Waals surface area contributed by atoms with E-state index in [0.717, 1.165) is 18.4 Å². The summed E-state index contributed by atoms with van der Waals surface area (Å²) in [6.45, 7) is 0. The lowest BCUT2D eigenvalue weighted by Gasteiger charge is -2.28. The standard InChI is InChI=1S/C12H13BO5/c1-17-8-3-2-7-6-12(4-5-12)13(16)18-10(7)9(8)11(14)15/h2-3,16H,4-6H2,1H3,(H,14,15). The molecule has 0 bridgehead atoms. The van der Waals surface area contributed by atoms with Crippen LogP contribution in [0.25, 0.3) is 0 Å². The highest BCUT2D eigenvalue weighted by molar-refractivity contribution is 6.50. The molecule has 0 saturated heterocycles. The normalized spacial score (nSPS) is 19.1. The van der Waals surface area contributed by atoms with Crippen molar-refractivity contribution in [2.75, 3.05) is 7.11 Å². The molecule has 1 aromatic carbocycles. The molecule has 1 aromatic rings. The molecule has 1 heterocycles. The van der Waals surface area contributed by atoms with Crippen molar-refractivity contribution in [2.45, 2.75) is 24.6 Å². The number of fused-ring (bicyclic) bond motifs is 1. The lowest BCUT2D eigenvalue weighted by atomic mass is 9.63. The third-order valence-electron chi connectivity index (χ3n) is 3.82. The van der Waals surface area contributed by atoms with E-state index in [4.69, 9.17) is 9.39 Å². The van der Waals surface area contributed by atoms with Gasteiger partial charge in [-0.1, -0.05) is 6.07 Å². The first-order valence-electron chi connectivity index (χ1n) is 5.85. The lowest BCUT2D eigenvalue weighted by Crippen LogP contribution is -2.36. The van der Waals surface area contributed by atoms with Gasteiger partial charge < -0.3 is 19.5 Å². The second-order valence-electron chi connectivity index (χ2n) is 4.95. The molecule has 0 aromatic heterocycles. The summed E-state index contributed by atoms with van der Waals surface area (Å²) in [6.07, 6.45) is 2.50. The van der Waals surface area contributed by atoms with Gasteiger partial charge in [0, 0.05) is 5.31 Å². The van der Waals surface area contributed by atoms with Crippen molar-refractivity contribution in [1.82, 2.24) is 0 Å². The summed E-state index contributed by atoms with van der Waals surface area (Å²) in [6, 6.07) is 3.45. The van der Waals surface area contributed by atoms with Gasteiger partial charge in [-0.25, -0.2) is 4.79 Å². The van der Waals surface area contributed by atoms with E-state index < -0.39 is 13.1 Å².